The molecule has 0 radical (unpaired) electrons. The average Bonchev–Trinajstić information content (AvgIpc) is 2.87. The summed E-state index contributed by atoms with van der Waals surface area (Å²) in [5.74, 6) is -0.173. The average molecular weight is 331 g/mol. The Bertz CT molecular complexity index is 590. The molecule has 3 rings (SSSR count). The summed E-state index contributed by atoms with van der Waals surface area (Å²) in [6, 6.07) is 9.87. The number of hydrogen-bond donors (Lipinski definition) is 2. The number of nitrogens with one attached hydrogen (secondary N) is 2. The number of nitrogens with zero attached hydrogens (tertiary/aromatic N) is 1. The van der Waals surface area contributed by atoms with E-state index in [1.165, 1.54) is 0 Å². The zero-order chi connectivity index (χ0) is 17.1. The van der Waals surface area contributed by atoms with E-state index in [0.717, 1.165) is 5.56 Å². The Morgan fingerprint density at radius 2 is 2.00 bits per heavy atom. The fourth-order valence-electron chi connectivity index (χ4n) is 3.35. The molecule has 0 saturated carbocycles. The molecule has 2 aliphatic rings. The van der Waals surface area contributed by atoms with E-state index in [1.54, 1.807) is 4.90 Å². The predicted molar refractivity (Wildman–Crippen MR) is 90.3 cm³/mol. The second-order valence-corrected chi connectivity index (χ2v) is 6.85. The second kappa shape index (κ2) is 7.21. The van der Waals surface area contributed by atoms with Crippen LogP contribution < -0.4 is 10.6 Å². The number of likely N-dealkylation sites (tertiary alicyclic amines) is 1. The number of rotatable bonds is 4. The SMILES string of the molecule is CC(C)NC(=O)N1C[C@H]2C[C@H](C(=O)NCc3ccccc3)[C@@H](C1)O2. The Morgan fingerprint density at radius 3 is 2.71 bits per heavy atom. The van der Waals surface area contributed by atoms with Crippen molar-refractivity contribution in [3.63, 3.8) is 0 Å². The Morgan fingerprint density at radius 1 is 1.25 bits per heavy atom. The topological polar surface area (TPSA) is 70.7 Å². The monoisotopic (exact) mass is 331 g/mol. The standard InChI is InChI=1S/C18H25N3O3/c1-12(2)20-18(23)21-10-14-8-15(16(11-21)24-14)17(22)19-9-13-6-4-3-5-7-13/h3-7,12,14-16H,8-11H2,1-2H3,(H,19,22)(H,20,23)/t14-,15+,16-/m1/s1. The highest BCUT2D eigenvalue weighted by atomic mass is 16.5. The van der Waals surface area contributed by atoms with Crippen LogP contribution in [0.3, 0.4) is 0 Å². The van der Waals surface area contributed by atoms with Gasteiger partial charge in [0.25, 0.3) is 0 Å². The first-order valence-corrected chi connectivity index (χ1v) is 8.55. The highest BCUT2D eigenvalue weighted by molar-refractivity contribution is 5.80. The van der Waals surface area contributed by atoms with Gasteiger partial charge in [-0.25, -0.2) is 4.79 Å². The fourth-order valence-corrected chi connectivity index (χ4v) is 3.35. The summed E-state index contributed by atoms with van der Waals surface area (Å²) < 4.78 is 5.89. The lowest BCUT2D eigenvalue weighted by Gasteiger charge is -2.33. The summed E-state index contributed by atoms with van der Waals surface area (Å²) in [5, 5.41) is 5.89. The summed E-state index contributed by atoms with van der Waals surface area (Å²) in [4.78, 5) is 26.4. The minimum atomic E-state index is -0.211. The molecule has 6 heteroatoms. The van der Waals surface area contributed by atoms with Crippen molar-refractivity contribution in [2.75, 3.05) is 13.1 Å². The van der Waals surface area contributed by atoms with Gasteiger partial charge in [-0.3, -0.25) is 4.79 Å². The lowest BCUT2D eigenvalue weighted by Crippen LogP contribution is -2.52. The normalized spacial score (nSPS) is 25.6. The van der Waals surface area contributed by atoms with Gasteiger partial charge in [0, 0.05) is 25.7 Å². The van der Waals surface area contributed by atoms with Gasteiger partial charge in [-0.05, 0) is 25.8 Å². The van der Waals surface area contributed by atoms with Gasteiger partial charge in [0.2, 0.25) is 5.91 Å². The van der Waals surface area contributed by atoms with Crippen molar-refractivity contribution in [1.29, 1.82) is 0 Å². The molecule has 2 N–H and O–H groups in total. The van der Waals surface area contributed by atoms with Gasteiger partial charge in [-0.2, -0.15) is 0 Å². The third-order valence-corrected chi connectivity index (χ3v) is 4.50. The number of carbonyl (C=O) groups excluding carboxylic acids is 2. The summed E-state index contributed by atoms with van der Waals surface area (Å²) in [6.07, 6.45) is 0.420. The fraction of sp³-hybridized carbons (Fsp3) is 0.556. The van der Waals surface area contributed by atoms with Crippen molar-refractivity contribution >= 4 is 11.9 Å². The lowest BCUT2D eigenvalue weighted by molar-refractivity contribution is -0.127. The van der Waals surface area contributed by atoms with Crippen LogP contribution in [-0.4, -0.2) is 48.2 Å². The highest BCUT2D eigenvalue weighted by Gasteiger charge is 2.45. The van der Waals surface area contributed by atoms with Gasteiger partial charge < -0.3 is 20.3 Å². The molecule has 3 amide bonds. The van der Waals surface area contributed by atoms with E-state index < -0.39 is 0 Å². The zero-order valence-electron chi connectivity index (χ0n) is 14.2. The van der Waals surface area contributed by atoms with Crippen LogP contribution in [0.5, 0.6) is 0 Å². The smallest absolute Gasteiger partial charge is 0.317 e. The molecule has 1 aromatic rings. The van der Waals surface area contributed by atoms with Crippen molar-refractivity contribution in [1.82, 2.24) is 15.5 Å². The van der Waals surface area contributed by atoms with Crippen LogP contribution in [-0.2, 0) is 16.1 Å². The van der Waals surface area contributed by atoms with Crippen LogP contribution in [0.15, 0.2) is 30.3 Å². The molecule has 3 atom stereocenters. The first-order chi connectivity index (χ1) is 11.5. The highest BCUT2D eigenvalue weighted by Crippen LogP contribution is 2.32. The number of carbonyl (C=O) groups is 2. The molecule has 24 heavy (non-hydrogen) atoms. The van der Waals surface area contributed by atoms with E-state index in [2.05, 4.69) is 10.6 Å². The van der Waals surface area contributed by atoms with E-state index in [-0.39, 0.29) is 36.1 Å². The predicted octanol–water partition coefficient (Wildman–Crippen LogP) is 1.51. The maximum absolute atomic E-state index is 12.5. The number of amides is 3. The summed E-state index contributed by atoms with van der Waals surface area (Å²) in [5.41, 5.74) is 1.07. The molecule has 0 aliphatic carbocycles. The summed E-state index contributed by atoms with van der Waals surface area (Å²) >= 11 is 0. The maximum atomic E-state index is 12.5. The molecule has 0 aromatic heterocycles. The lowest BCUT2D eigenvalue weighted by atomic mass is 9.99. The minimum absolute atomic E-state index is 0.0115. The molecule has 2 fully saturated rings. The number of ether oxygens (including phenoxy) is 1. The third kappa shape index (κ3) is 3.87. The van der Waals surface area contributed by atoms with Gasteiger partial charge in [0.05, 0.1) is 18.1 Å². The number of morpholine rings is 1. The van der Waals surface area contributed by atoms with E-state index >= 15 is 0 Å². The van der Waals surface area contributed by atoms with Crippen LogP contribution in [0.25, 0.3) is 0 Å². The van der Waals surface area contributed by atoms with Crippen molar-refractivity contribution in [3.05, 3.63) is 35.9 Å². The molecule has 130 valence electrons. The van der Waals surface area contributed by atoms with E-state index in [9.17, 15) is 9.59 Å². The zero-order valence-corrected chi connectivity index (χ0v) is 14.2. The van der Waals surface area contributed by atoms with E-state index in [0.29, 0.717) is 26.1 Å². The van der Waals surface area contributed by atoms with E-state index in [1.807, 2.05) is 44.2 Å². The third-order valence-electron chi connectivity index (χ3n) is 4.50. The van der Waals surface area contributed by atoms with Gasteiger partial charge in [0.1, 0.15) is 0 Å². The molecule has 1 aromatic carbocycles. The van der Waals surface area contributed by atoms with Crippen LogP contribution in [0.4, 0.5) is 4.79 Å². The molecular formula is C18H25N3O3. The molecule has 0 spiro atoms. The molecule has 2 heterocycles. The minimum Gasteiger partial charge on any atom is -0.370 e. The quantitative estimate of drug-likeness (QED) is 0.878. The van der Waals surface area contributed by atoms with Crippen LogP contribution in [0, 0.1) is 5.92 Å². The van der Waals surface area contributed by atoms with Crippen molar-refractivity contribution in [3.8, 4) is 0 Å². The summed E-state index contributed by atoms with van der Waals surface area (Å²) in [6.45, 7) is 5.42. The second-order valence-electron chi connectivity index (χ2n) is 6.85. The van der Waals surface area contributed by atoms with Crippen molar-refractivity contribution < 1.29 is 14.3 Å². The largest absolute Gasteiger partial charge is 0.370 e. The maximum Gasteiger partial charge on any atom is 0.317 e. The molecule has 6 nitrogen and oxygen atoms in total. The Kier molecular flexibility index (Phi) is 5.04. The van der Waals surface area contributed by atoms with E-state index in [4.69, 9.17) is 4.74 Å². The summed E-state index contributed by atoms with van der Waals surface area (Å²) in [7, 11) is 0. The van der Waals surface area contributed by atoms with Gasteiger partial charge in [-0.1, -0.05) is 30.3 Å². The number of benzene rings is 1. The van der Waals surface area contributed by atoms with Gasteiger partial charge in [0.15, 0.2) is 0 Å². The Balaban J connectivity index is 1.55. The Labute approximate surface area is 142 Å². The van der Waals surface area contributed by atoms with Gasteiger partial charge >= 0.3 is 6.03 Å². The first kappa shape index (κ1) is 16.8. The molecule has 2 saturated heterocycles. The number of fused-ring (bicyclic) bond motifs is 2. The number of urea groups is 1. The van der Waals surface area contributed by atoms with Gasteiger partial charge in [-0.15, -0.1) is 0 Å². The van der Waals surface area contributed by atoms with Crippen LogP contribution in [0.1, 0.15) is 25.8 Å². The molecule has 2 aliphatic heterocycles. The molecule has 2 bridgehead atoms. The van der Waals surface area contributed by atoms with Crippen molar-refractivity contribution in [2.24, 2.45) is 5.92 Å². The van der Waals surface area contributed by atoms with Crippen LogP contribution in [0.2, 0.25) is 0 Å². The van der Waals surface area contributed by atoms with Crippen LogP contribution >= 0.6 is 0 Å². The molecular weight excluding hydrogens is 306 g/mol. The van der Waals surface area contributed by atoms with Crippen molar-refractivity contribution in [2.45, 2.75) is 45.1 Å². The molecule has 0 unspecified atom stereocenters. The Hall–Kier alpha value is -2.08. The number of hydrogen-bond acceptors (Lipinski definition) is 3. The first-order valence-electron chi connectivity index (χ1n) is 8.55.